The van der Waals surface area contributed by atoms with Crippen molar-refractivity contribution in [1.29, 1.82) is 0 Å². The van der Waals surface area contributed by atoms with Gasteiger partial charge in [-0.3, -0.25) is 4.55 Å². The summed E-state index contributed by atoms with van der Waals surface area (Å²) in [7, 11) is -4.96. The van der Waals surface area contributed by atoms with E-state index in [1.165, 1.54) is 0 Å². The Morgan fingerprint density at radius 1 is 1.10 bits per heavy atom. The minimum atomic E-state index is -4.96. The maximum atomic E-state index is 12.6. The fourth-order valence-electron chi connectivity index (χ4n) is 1.48. The monoisotopic (exact) mass is 368 g/mol. The zero-order valence-corrected chi connectivity index (χ0v) is 12.0. The summed E-state index contributed by atoms with van der Waals surface area (Å²) in [6, 6.07) is 0. The van der Waals surface area contributed by atoms with Gasteiger partial charge in [0.1, 0.15) is 10.4 Å². The SMILES string of the molecule is O=S(=O)(O)c1c(Cl)c(Cl)c(Cl)c2[nH]c(C(F)(F)F)nc12. The summed E-state index contributed by atoms with van der Waals surface area (Å²) in [5.74, 6) is -1.50. The van der Waals surface area contributed by atoms with Gasteiger partial charge in [0.05, 0.1) is 20.6 Å². The van der Waals surface area contributed by atoms with Gasteiger partial charge in [0.2, 0.25) is 5.82 Å². The molecule has 0 aliphatic rings. The van der Waals surface area contributed by atoms with E-state index in [9.17, 15) is 21.6 Å². The predicted molar refractivity (Wildman–Crippen MR) is 65.9 cm³/mol. The number of hydrogen-bond acceptors (Lipinski definition) is 3. The minimum Gasteiger partial charge on any atom is -0.333 e. The number of alkyl halides is 3. The van der Waals surface area contributed by atoms with Crippen molar-refractivity contribution in [2.24, 2.45) is 0 Å². The van der Waals surface area contributed by atoms with Crippen LogP contribution in [0.3, 0.4) is 0 Å². The van der Waals surface area contributed by atoms with Crippen LogP contribution in [-0.4, -0.2) is 22.9 Å². The third-order valence-corrected chi connectivity index (χ3v) is 4.60. The number of fused-ring (bicyclic) bond motifs is 1. The molecule has 0 spiro atoms. The Bertz CT molecular complexity index is 816. The normalized spacial score (nSPS) is 13.2. The predicted octanol–water partition coefficient (Wildman–Crippen LogP) is 3.79. The van der Waals surface area contributed by atoms with Gasteiger partial charge in [-0.1, -0.05) is 34.8 Å². The summed E-state index contributed by atoms with van der Waals surface area (Å²) in [5.41, 5.74) is -1.25. The van der Waals surface area contributed by atoms with Gasteiger partial charge in [0, 0.05) is 0 Å². The molecule has 0 saturated carbocycles. The van der Waals surface area contributed by atoms with Crippen molar-refractivity contribution in [1.82, 2.24) is 9.97 Å². The Hall–Kier alpha value is -0.740. The van der Waals surface area contributed by atoms with Crippen LogP contribution in [0.1, 0.15) is 5.82 Å². The van der Waals surface area contributed by atoms with Crippen LogP contribution >= 0.6 is 34.8 Å². The van der Waals surface area contributed by atoms with Crippen LogP contribution in [0.15, 0.2) is 4.90 Å². The van der Waals surface area contributed by atoms with Gasteiger partial charge in [-0.25, -0.2) is 4.98 Å². The van der Waals surface area contributed by atoms with Gasteiger partial charge in [-0.15, -0.1) is 0 Å². The van der Waals surface area contributed by atoms with Crippen LogP contribution in [0.5, 0.6) is 0 Å². The molecule has 0 fully saturated rings. The van der Waals surface area contributed by atoms with Gasteiger partial charge in [0.25, 0.3) is 10.1 Å². The Labute approximate surface area is 124 Å². The van der Waals surface area contributed by atoms with E-state index in [2.05, 4.69) is 4.98 Å². The standard InChI is InChI=1S/C8H2Cl3F3N2O3S/c9-1-2(10)4-5(6(3(1)11)20(17,18)19)16-7(15-4)8(12,13)14/h(H,15,16)(H,17,18,19). The van der Waals surface area contributed by atoms with Crippen molar-refractivity contribution in [2.75, 3.05) is 0 Å². The number of aromatic amines is 1. The molecule has 0 radical (unpaired) electrons. The van der Waals surface area contributed by atoms with Crippen molar-refractivity contribution < 1.29 is 26.1 Å². The van der Waals surface area contributed by atoms with Crippen molar-refractivity contribution in [3.05, 3.63) is 20.9 Å². The minimum absolute atomic E-state index is 0.443. The van der Waals surface area contributed by atoms with Crippen molar-refractivity contribution in [3.8, 4) is 0 Å². The molecule has 0 amide bonds. The van der Waals surface area contributed by atoms with Crippen LogP contribution in [-0.2, 0) is 16.3 Å². The second-order valence-electron chi connectivity index (χ2n) is 3.55. The Morgan fingerprint density at radius 3 is 2.10 bits per heavy atom. The first kappa shape index (κ1) is 15.6. The molecule has 0 atom stereocenters. The number of halogens is 6. The Morgan fingerprint density at radius 2 is 1.65 bits per heavy atom. The molecule has 0 aliphatic heterocycles. The number of hydrogen-bond donors (Lipinski definition) is 2. The number of benzene rings is 1. The van der Waals surface area contributed by atoms with Crippen LogP contribution < -0.4 is 0 Å². The molecule has 5 nitrogen and oxygen atoms in total. The number of imidazole rings is 1. The number of nitrogens with zero attached hydrogens (tertiary/aromatic N) is 1. The van der Waals surface area contributed by atoms with Gasteiger partial charge in [-0.05, 0) is 0 Å². The first-order chi connectivity index (χ1) is 8.94. The second-order valence-corrected chi connectivity index (χ2v) is 6.05. The molecule has 1 aromatic carbocycles. The summed E-state index contributed by atoms with van der Waals surface area (Å²) in [6.45, 7) is 0. The fraction of sp³-hybridized carbons (Fsp3) is 0.125. The quantitative estimate of drug-likeness (QED) is 0.592. The molecule has 110 valence electrons. The van der Waals surface area contributed by atoms with E-state index >= 15 is 0 Å². The number of rotatable bonds is 1. The largest absolute Gasteiger partial charge is 0.449 e. The van der Waals surface area contributed by atoms with Gasteiger partial charge < -0.3 is 4.98 Å². The molecular weight excluding hydrogens is 368 g/mol. The third-order valence-electron chi connectivity index (χ3n) is 2.25. The van der Waals surface area contributed by atoms with E-state index in [0.717, 1.165) is 0 Å². The lowest BCUT2D eigenvalue weighted by molar-refractivity contribution is -0.144. The summed E-state index contributed by atoms with van der Waals surface area (Å²) < 4.78 is 69.2. The summed E-state index contributed by atoms with van der Waals surface area (Å²) in [5, 5.41) is -1.68. The maximum absolute atomic E-state index is 12.6. The maximum Gasteiger partial charge on any atom is 0.449 e. The molecule has 12 heteroatoms. The summed E-state index contributed by atoms with van der Waals surface area (Å²) in [4.78, 5) is 3.82. The van der Waals surface area contributed by atoms with Crippen LogP contribution in [0.4, 0.5) is 13.2 Å². The Balaban J connectivity index is 3.03. The number of H-pyrrole nitrogens is 1. The average Bonchev–Trinajstić information content (AvgIpc) is 2.68. The van der Waals surface area contributed by atoms with Crippen molar-refractivity contribution >= 4 is 56.0 Å². The van der Waals surface area contributed by atoms with E-state index in [1.54, 1.807) is 4.98 Å². The third kappa shape index (κ3) is 2.44. The first-order valence-corrected chi connectivity index (χ1v) is 7.13. The highest BCUT2D eigenvalue weighted by Gasteiger charge is 2.37. The summed E-state index contributed by atoms with van der Waals surface area (Å²) in [6.07, 6.45) is -4.88. The van der Waals surface area contributed by atoms with E-state index in [1.807, 2.05) is 0 Å². The Kier molecular flexibility index (Phi) is 3.63. The zero-order valence-electron chi connectivity index (χ0n) is 8.89. The van der Waals surface area contributed by atoms with Crippen molar-refractivity contribution in [2.45, 2.75) is 11.1 Å². The molecule has 20 heavy (non-hydrogen) atoms. The molecule has 1 heterocycles. The molecular formula is C8H2Cl3F3N2O3S. The van der Waals surface area contributed by atoms with Gasteiger partial charge in [0.15, 0.2) is 0 Å². The van der Waals surface area contributed by atoms with Crippen molar-refractivity contribution in [3.63, 3.8) is 0 Å². The first-order valence-electron chi connectivity index (χ1n) is 4.55. The molecule has 2 N–H and O–H groups in total. The molecule has 2 rings (SSSR count). The topological polar surface area (TPSA) is 83.0 Å². The lowest BCUT2D eigenvalue weighted by atomic mass is 10.3. The number of aromatic nitrogens is 2. The second kappa shape index (κ2) is 4.63. The van der Waals surface area contributed by atoms with Crippen LogP contribution in [0.2, 0.25) is 15.1 Å². The molecule has 0 aliphatic carbocycles. The van der Waals surface area contributed by atoms with Crippen LogP contribution in [0.25, 0.3) is 11.0 Å². The summed E-state index contributed by atoms with van der Waals surface area (Å²) >= 11 is 16.9. The van der Waals surface area contributed by atoms with E-state index in [4.69, 9.17) is 39.4 Å². The smallest absolute Gasteiger partial charge is 0.333 e. The highest BCUT2D eigenvalue weighted by Crippen LogP contribution is 2.42. The van der Waals surface area contributed by atoms with Crippen LogP contribution in [0, 0.1) is 0 Å². The highest BCUT2D eigenvalue weighted by molar-refractivity contribution is 7.86. The van der Waals surface area contributed by atoms with E-state index in [0.29, 0.717) is 0 Å². The van der Waals surface area contributed by atoms with E-state index < -0.39 is 53.1 Å². The molecule has 2 aromatic rings. The van der Waals surface area contributed by atoms with Gasteiger partial charge in [-0.2, -0.15) is 21.6 Å². The van der Waals surface area contributed by atoms with E-state index in [-0.39, 0.29) is 0 Å². The zero-order chi connectivity index (χ0) is 15.5. The molecule has 1 aromatic heterocycles. The highest BCUT2D eigenvalue weighted by atomic mass is 35.5. The fourth-order valence-corrected chi connectivity index (χ4v) is 3.20. The molecule has 0 saturated heterocycles. The molecule has 0 bridgehead atoms. The lowest BCUT2D eigenvalue weighted by Crippen LogP contribution is -2.07. The van der Waals surface area contributed by atoms with Gasteiger partial charge >= 0.3 is 6.18 Å². The molecule has 0 unspecified atom stereocenters. The number of nitrogens with one attached hydrogen (secondary N) is 1. The average molecular weight is 370 g/mol. The lowest BCUT2D eigenvalue weighted by Gasteiger charge is -2.06.